The van der Waals surface area contributed by atoms with Crippen molar-refractivity contribution in [2.75, 3.05) is 0 Å². The van der Waals surface area contributed by atoms with Crippen LogP contribution in [0, 0.1) is 0 Å². The Labute approximate surface area is 71.3 Å². The molecule has 0 atom stereocenters. The summed E-state index contributed by atoms with van der Waals surface area (Å²) in [4.78, 5) is 0. The molecule has 0 bridgehead atoms. The molecular formula is C5H9NNaO+. The van der Waals surface area contributed by atoms with Gasteiger partial charge in [-0.15, -0.1) is 0 Å². The van der Waals surface area contributed by atoms with Gasteiger partial charge in [-0.05, 0) is 25.7 Å². The maximum atomic E-state index is 8.15. The Bertz CT molecular complexity index is 84.4. The van der Waals surface area contributed by atoms with Gasteiger partial charge in [-0.1, -0.05) is 5.16 Å². The molecule has 3 heteroatoms. The molecule has 0 aromatic carbocycles. The Kier molecular flexibility index (Phi) is 4.61. The van der Waals surface area contributed by atoms with E-state index in [4.69, 9.17) is 5.21 Å². The fraction of sp³-hybridized carbons (Fsp3) is 0.800. The summed E-state index contributed by atoms with van der Waals surface area (Å²) in [6.45, 7) is 0. The Hall–Kier alpha value is 0.470. The van der Waals surface area contributed by atoms with Crippen molar-refractivity contribution in [1.82, 2.24) is 0 Å². The minimum Gasteiger partial charge on any atom is -0.411 e. The van der Waals surface area contributed by atoms with Crippen LogP contribution in [0.3, 0.4) is 0 Å². The minimum absolute atomic E-state index is 0. The first-order chi connectivity index (χ1) is 3.43. The number of nitrogens with zero attached hydrogens (tertiary/aromatic N) is 1. The second-order valence-corrected chi connectivity index (χ2v) is 1.87. The van der Waals surface area contributed by atoms with Crippen LogP contribution in [0.1, 0.15) is 25.7 Å². The van der Waals surface area contributed by atoms with Crippen molar-refractivity contribution in [2.24, 2.45) is 5.16 Å². The van der Waals surface area contributed by atoms with Gasteiger partial charge in [0.1, 0.15) is 0 Å². The van der Waals surface area contributed by atoms with E-state index >= 15 is 0 Å². The third kappa shape index (κ3) is 2.16. The molecule has 0 aromatic heterocycles. The van der Waals surface area contributed by atoms with Crippen molar-refractivity contribution in [3.05, 3.63) is 0 Å². The van der Waals surface area contributed by atoms with Gasteiger partial charge in [0, 0.05) is 0 Å². The molecule has 0 saturated heterocycles. The number of oxime groups is 1. The van der Waals surface area contributed by atoms with E-state index in [2.05, 4.69) is 5.16 Å². The van der Waals surface area contributed by atoms with Crippen molar-refractivity contribution in [1.29, 1.82) is 0 Å². The number of hydrogen-bond donors (Lipinski definition) is 1. The number of rotatable bonds is 0. The third-order valence-electron chi connectivity index (χ3n) is 1.32. The van der Waals surface area contributed by atoms with Crippen LogP contribution in [-0.2, 0) is 0 Å². The van der Waals surface area contributed by atoms with E-state index in [9.17, 15) is 0 Å². The minimum atomic E-state index is 0. The van der Waals surface area contributed by atoms with E-state index in [0.717, 1.165) is 18.6 Å². The normalized spacial score (nSPS) is 17.8. The average molecular weight is 122 g/mol. The summed E-state index contributed by atoms with van der Waals surface area (Å²) in [5.41, 5.74) is 0.972. The predicted octanol–water partition coefficient (Wildman–Crippen LogP) is -1.61. The van der Waals surface area contributed by atoms with Crippen LogP contribution in [0.2, 0.25) is 0 Å². The topological polar surface area (TPSA) is 32.6 Å². The summed E-state index contributed by atoms with van der Waals surface area (Å²) in [6, 6.07) is 0. The van der Waals surface area contributed by atoms with Gasteiger partial charge >= 0.3 is 29.6 Å². The molecule has 1 aliphatic carbocycles. The van der Waals surface area contributed by atoms with Crippen molar-refractivity contribution in [2.45, 2.75) is 25.7 Å². The molecule has 0 unspecified atom stereocenters. The van der Waals surface area contributed by atoms with Crippen LogP contribution in [0.5, 0.6) is 0 Å². The molecule has 0 amide bonds. The van der Waals surface area contributed by atoms with E-state index < -0.39 is 0 Å². The summed E-state index contributed by atoms with van der Waals surface area (Å²) in [5, 5.41) is 11.3. The SMILES string of the molecule is ON=C1CCCC1.[Na+]. The molecule has 0 aromatic rings. The van der Waals surface area contributed by atoms with Crippen LogP contribution >= 0.6 is 0 Å². The van der Waals surface area contributed by atoms with Crippen molar-refractivity contribution < 1.29 is 34.8 Å². The molecule has 0 aliphatic heterocycles. The van der Waals surface area contributed by atoms with Gasteiger partial charge in [0.25, 0.3) is 0 Å². The smallest absolute Gasteiger partial charge is 0.411 e. The van der Waals surface area contributed by atoms with Gasteiger partial charge in [-0.2, -0.15) is 0 Å². The second kappa shape index (κ2) is 4.36. The monoisotopic (exact) mass is 122 g/mol. The predicted molar refractivity (Wildman–Crippen MR) is 27.7 cm³/mol. The van der Waals surface area contributed by atoms with Crippen LogP contribution in [0.15, 0.2) is 5.16 Å². The van der Waals surface area contributed by atoms with Gasteiger partial charge in [0.2, 0.25) is 0 Å². The Balaban J connectivity index is 0.000000490. The zero-order chi connectivity index (χ0) is 5.11. The first-order valence-corrected chi connectivity index (χ1v) is 2.63. The molecule has 8 heavy (non-hydrogen) atoms. The average Bonchev–Trinajstić information content (AvgIpc) is 2.14. The molecule has 1 aliphatic rings. The summed E-state index contributed by atoms with van der Waals surface area (Å²) >= 11 is 0. The van der Waals surface area contributed by atoms with E-state index in [0.29, 0.717) is 0 Å². The van der Waals surface area contributed by atoms with Gasteiger partial charge in [0.15, 0.2) is 0 Å². The fourth-order valence-electron chi connectivity index (χ4n) is 0.883. The largest absolute Gasteiger partial charge is 1.00 e. The maximum absolute atomic E-state index is 8.15. The zero-order valence-corrected chi connectivity index (χ0v) is 7.22. The summed E-state index contributed by atoms with van der Waals surface area (Å²) in [7, 11) is 0. The number of hydrogen-bond acceptors (Lipinski definition) is 2. The Morgan fingerprint density at radius 2 is 1.75 bits per heavy atom. The van der Waals surface area contributed by atoms with Crippen LogP contribution in [0.4, 0.5) is 0 Å². The molecule has 1 rings (SSSR count). The molecule has 1 saturated carbocycles. The molecule has 0 spiro atoms. The molecule has 40 valence electrons. The van der Waals surface area contributed by atoms with E-state index in [1.807, 2.05) is 0 Å². The summed E-state index contributed by atoms with van der Waals surface area (Å²) < 4.78 is 0. The van der Waals surface area contributed by atoms with Crippen LogP contribution in [0.25, 0.3) is 0 Å². The third-order valence-corrected chi connectivity index (χ3v) is 1.32. The van der Waals surface area contributed by atoms with Gasteiger partial charge in [-0.25, -0.2) is 0 Å². The Morgan fingerprint density at radius 3 is 2.00 bits per heavy atom. The van der Waals surface area contributed by atoms with Crippen LogP contribution < -0.4 is 29.6 Å². The summed E-state index contributed by atoms with van der Waals surface area (Å²) in [5.74, 6) is 0. The molecule has 1 fully saturated rings. The van der Waals surface area contributed by atoms with E-state index in [1.54, 1.807) is 0 Å². The van der Waals surface area contributed by atoms with E-state index in [-0.39, 0.29) is 29.6 Å². The molecular weight excluding hydrogens is 113 g/mol. The maximum Gasteiger partial charge on any atom is 1.00 e. The van der Waals surface area contributed by atoms with Crippen molar-refractivity contribution in [3.8, 4) is 0 Å². The van der Waals surface area contributed by atoms with Crippen molar-refractivity contribution in [3.63, 3.8) is 0 Å². The standard InChI is InChI=1S/C5H9NO.Na/c7-6-5-3-1-2-4-5;/h7H,1-4H2;/q;+1. The van der Waals surface area contributed by atoms with Crippen LogP contribution in [-0.4, -0.2) is 10.9 Å². The quantitative estimate of drug-likeness (QED) is 0.234. The first-order valence-electron chi connectivity index (χ1n) is 2.63. The Morgan fingerprint density at radius 1 is 1.25 bits per heavy atom. The zero-order valence-electron chi connectivity index (χ0n) is 5.22. The molecule has 0 radical (unpaired) electrons. The molecule has 2 nitrogen and oxygen atoms in total. The second-order valence-electron chi connectivity index (χ2n) is 1.87. The fourth-order valence-corrected chi connectivity index (χ4v) is 0.883. The molecule has 0 heterocycles. The van der Waals surface area contributed by atoms with E-state index in [1.165, 1.54) is 12.8 Å². The van der Waals surface area contributed by atoms with Crippen molar-refractivity contribution >= 4 is 5.71 Å². The summed E-state index contributed by atoms with van der Waals surface area (Å²) in [6.07, 6.45) is 4.44. The van der Waals surface area contributed by atoms with Gasteiger partial charge in [0.05, 0.1) is 5.71 Å². The van der Waals surface area contributed by atoms with Gasteiger partial charge in [-0.3, -0.25) is 0 Å². The molecule has 1 N–H and O–H groups in total. The first kappa shape index (κ1) is 8.47. The van der Waals surface area contributed by atoms with Gasteiger partial charge < -0.3 is 5.21 Å².